The third-order valence-electron chi connectivity index (χ3n) is 4.19. The number of nitro benzene ring substituents is 1. The van der Waals surface area contributed by atoms with Crippen molar-refractivity contribution in [2.45, 2.75) is 6.42 Å². The van der Waals surface area contributed by atoms with Crippen molar-refractivity contribution in [1.29, 1.82) is 0 Å². The van der Waals surface area contributed by atoms with Crippen LogP contribution in [0.15, 0.2) is 30.5 Å². The Kier molecular flexibility index (Phi) is 4.37. The Labute approximate surface area is 139 Å². The molecule has 1 aromatic heterocycles. The van der Waals surface area contributed by atoms with E-state index in [4.69, 9.17) is 0 Å². The van der Waals surface area contributed by atoms with E-state index in [9.17, 15) is 18.5 Å². The van der Waals surface area contributed by atoms with Crippen molar-refractivity contribution in [2.75, 3.05) is 37.3 Å². The zero-order valence-corrected chi connectivity index (χ0v) is 14.1. The average Bonchev–Trinajstić information content (AvgIpc) is 2.79. The van der Waals surface area contributed by atoms with Gasteiger partial charge in [-0.2, -0.15) is 0 Å². The highest BCUT2D eigenvalue weighted by molar-refractivity contribution is 7.88. The number of aromatic nitrogens is 1. The van der Waals surface area contributed by atoms with Gasteiger partial charge in [0.15, 0.2) is 0 Å². The van der Waals surface area contributed by atoms with Crippen LogP contribution >= 0.6 is 0 Å². The molecule has 128 valence electrons. The molecule has 1 fully saturated rings. The number of hydrogen-bond donors (Lipinski definition) is 0. The van der Waals surface area contributed by atoms with E-state index < -0.39 is 14.9 Å². The van der Waals surface area contributed by atoms with E-state index in [1.807, 2.05) is 4.90 Å². The monoisotopic (exact) mass is 350 g/mol. The molecule has 0 unspecified atom stereocenters. The van der Waals surface area contributed by atoms with E-state index in [0.717, 1.165) is 5.69 Å². The fraction of sp³-hybridized carbons (Fsp3) is 0.400. The lowest BCUT2D eigenvalue weighted by molar-refractivity contribution is -0.383. The Hall–Kier alpha value is -2.26. The van der Waals surface area contributed by atoms with Crippen molar-refractivity contribution in [1.82, 2.24) is 9.29 Å². The molecule has 0 saturated carbocycles. The summed E-state index contributed by atoms with van der Waals surface area (Å²) in [6, 6.07) is 6.54. The highest BCUT2D eigenvalue weighted by atomic mass is 32.2. The first kappa shape index (κ1) is 16.6. The van der Waals surface area contributed by atoms with E-state index in [2.05, 4.69) is 4.98 Å². The lowest BCUT2D eigenvalue weighted by atomic mass is 10.1. The summed E-state index contributed by atoms with van der Waals surface area (Å²) in [6.07, 6.45) is 3.51. The van der Waals surface area contributed by atoms with Gasteiger partial charge in [0, 0.05) is 38.4 Å². The van der Waals surface area contributed by atoms with Crippen molar-refractivity contribution in [3.63, 3.8) is 0 Å². The Morgan fingerprint density at radius 2 is 1.96 bits per heavy atom. The number of nitrogens with zero attached hydrogens (tertiary/aromatic N) is 4. The molecule has 0 bridgehead atoms. The van der Waals surface area contributed by atoms with Gasteiger partial charge in [-0.3, -0.25) is 15.1 Å². The minimum atomic E-state index is -3.21. The molecule has 24 heavy (non-hydrogen) atoms. The van der Waals surface area contributed by atoms with E-state index in [1.165, 1.54) is 16.6 Å². The lowest BCUT2D eigenvalue weighted by Gasteiger charge is -2.24. The zero-order chi connectivity index (χ0) is 17.3. The molecule has 8 nitrogen and oxygen atoms in total. The molecule has 1 aliphatic heterocycles. The number of benzene rings is 1. The molecular weight excluding hydrogens is 332 g/mol. The lowest BCUT2D eigenvalue weighted by Crippen LogP contribution is -2.34. The van der Waals surface area contributed by atoms with Crippen molar-refractivity contribution in [2.24, 2.45) is 0 Å². The van der Waals surface area contributed by atoms with Crippen LogP contribution in [0.3, 0.4) is 0 Å². The number of sulfonamides is 1. The maximum absolute atomic E-state index is 11.7. The molecule has 0 amide bonds. The number of pyridine rings is 1. The first-order chi connectivity index (χ1) is 11.4. The third kappa shape index (κ3) is 3.17. The predicted octanol–water partition coefficient (Wildman–Crippen LogP) is 1.61. The van der Waals surface area contributed by atoms with Crippen molar-refractivity contribution < 1.29 is 13.3 Å². The standard InChI is InChI=1S/C15H18N4O4S/c1-24(22,23)18-9-3-8-17(10-11-18)14-6-5-13(19(20)21)12-4-2-7-16-15(12)14/h2,4-7H,3,8-11H2,1H3. The van der Waals surface area contributed by atoms with Gasteiger partial charge in [0.1, 0.15) is 5.52 Å². The van der Waals surface area contributed by atoms with E-state index >= 15 is 0 Å². The molecule has 1 aliphatic rings. The van der Waals surface area contributed by atoms with Gasteiger partial charge in [0.25, 0.3) is 5.69 Å². The molecule has 1 aromatic carbocycles. The molecule has 0 N–H and O–H groups in total. The molecule has 1 saturated heterocycles. The van der Waals surface area contributed by atoms with Gasteiger partial charge in [-0.25, -0.2) is 12.7 Å². The number of anilines is 1. The molecule has 2 aromatic rings. The summed E-state index contributed by atoms with van der Waals surface area (Å²) in [6.45, 7) is 2.07. The summed E-state index contributed by atoms with van der Waals surface area (Å²) < 4.78 is 24.9. The summed E-state index contributed by atoms with van der Waals surface area (Å²) >= 11 is 0. The minimum absolute atomic E-state index is 0.0226. The van der Waals surface area contributed by atoms with Gasteiger partial charge < -0.3 is 4.90 Å². The Morgan fingerprint density at radius 3 is 2.67 bits per heavy atom. The number of non-ortho nitro benzene ring substituents is 1. The number of nitro groups is 1. The van der Waals surface area contributed by atoms with Crippen LogP contribution in [-0.2, 0) is 10.0 Å². The Balaban J connectivity index is 1.98. The van der Waals surface area contributed by atoms with Gasteiger partial charge in [0.2, 0.25) is 10.0 Å². The molecular formula is C15H18N4O4S. The van der Waals surface area contributed by atoms with Crippen LogP contribution in [0.4, 0.5) is 11.4 Å². The Morgan fingerprint density at radius 1 is 1.17 bits per heavy atom. The van der Waals surface area contributed by atoms with Gasteiger partial charge in [-0.05, 0) is 24.6 Å². The van der Waals surface area contributed by atoms with Crippen LogP contribution in [0.2, 0.25) is 0 Å². The maximum atomic E-state index is 11.7. The average molecular weight is 350 g/mol. The molecule has 0 atom stereocenters. The minimum Gasteiger partial charge on any atom is -0.368 e. The first-order valence-electron chi connectivity index (χ1n) is 7.60. The van der Waals surface area contributed by atoms with Crippen LogP contribution in [0.1, 0.15) is 6.42 Å². The SMILES string of the molecule is CS(=O)(=O)N1CCCN(c2ccc([N+](=O)[O-])c3cccnc23)CC1. The highest BCUT2D eigenvalue weighted by Gasteiger charge is 2.24. The highest BCUT2D eigenvalue weighted by Crippen LogP contribution is 2.32. The van der Waals surface area contributed by atoms with Crippen LogP contribution in [0, 0.1) is 10.1 Å². The normalized spacial score (nSPS) is 17.0. The van der Waals surface area contributed by atoms with Crippen molar-refractivity contribution in [3.8, 4) is 0 Å². The summed E-state index contributed by atoms with van der Waals surface area (Å²) in [4.78, 5) is 17.2. The second-order valence-corrected chi connectivity index (χ2v) is 7.75. The second-order valence-electron chi connectivity index (χ2n) is 5.76. The second kappa shape index (κ2) is 6.33. The van der Waals surface area contributed by atoms with Gasteiger partial charge in [-0.15, -0.1) is 0 Å². The van der Waals surface area contributed by atoms with E-state index in [-0.39, 0.29) is 5.69 Å². The fourth-order valence-electron chi connectivity index (χ4n) is 3.02. The molecule has 0 aliphatic carbocycles. The van der Waals surface area contributed by atoms with E-state index in [0.29, 0.717) is 43.5 Å². The smallest absolute Gasteiger partial charge is 0.278 e. The van der Waals surface area contributed by atoms with Gasteiger partial charge in [0.05, 0.1) is 22.3 Å². The van der Waals surface area contributed by atoms with Crippen LogP contribution in [0.5, 0.6) is 0 Å². The number of rotatable bonds is 3. The van der Waals surface area contributed by atoms with Crippen LogP contribution in [-0.4, -0.2) is 55.1 Å². The van der Waals surface area contributed by atoms with Gasteiger partial charge in [-0.1, -0.05) is 0 Å². The molecule has 0 spiro atoms. The number of fused-ring (bicyclic) bond motifs is 1. The largest absolute Gasteiger partial charge is 0.368 e. The van der Waals surface area contributed by atoms with Crippen molar-refractivity contribution >= 4 is 32.3 Å². The summed E-state index contributed by atoms with van der Waals surface area (Å²) in [5, 5.41) is 11.7. The zero-order valence-electron chi connectivity index (χ0n) is 13.3. The topological polar surface area (TPSA) is 96.7 Å². The van der Waals surface area contributed by atoms with E-state index in [1.54, 1.807) is 24.4 Å². The molecule has 9 heteroatoms. The van der Waals surface area contributed by atoms with Crippen LogP contribution in [0.25, 0.3) is 10.9 Å². The quantitative estimate of drug-likeness (QED) is 0.616. The summed E-state index contributed by atoms with van der Waals surface area (Å²) in [5.41, 5.74) is 1.39. The molecule has 2 heterocycles. The summed E-state index contributed by atoms with van der Waals surface area (Å²) in [7, 11) is -3.21. The fourth-order valence-corrected chi connectivity index (χ4v) is 3.90. The van der Waals surface area contributed by atoms with Gasteiger partial charge >= 0.3 is 0 Å². The molecule has 3 rings (SSSR count). The Bertz CT molecular complexity index is 884. The van der Waals surface area contributed by atoms with Crippen LogP contribution < -0.4 is 4.90 Å². The number of hydrogen-bond acceptors (Lipinski definition) is 6. The predicted molar refractivity (Wildman–Crippen MR) is 91.6 cm³/mol. The summed E-state index contributed by atoms with van der Waals surface area (Å²) in [5.74, 6) is 0. The molecule has 0 radical (unpaired) electrons. The maximum Gasteiger partial charge on any atom is 0.278 e. The first-order valence-corrected chi connectivity index (χ1v) is 9.45. The third-order valence-corrected chi connectivity index (χ3v) is 5.49. The van der Waals surface area contributed by atoms with Crippen molar-refractivity contribution in [3.05, 3.63) is 40.6 Å².